The number of benzene rings is 1. The summed E-state index contributed by atoms with van der Waals surface area (Å²) in [6.07, 6.45) is 2.56. The number of nitrogens with one attached hydrogen (secondary N) is 1. The third-order valence-electron chi connectivity index (χ3n) is 4.09. The Balaban J connectivity index is 1.61. The Morgan fingerprint density at radius 2 is 2.12 bits per heavy atom. The van der Waals surface area contributed by atoms with Crippen LogP contribution >= 0.6 is 0 Å². The molecule has 0 spiro atoms. The molecule has 0 atom stereocenters. The van der Waals surface area contributed by atoms with E-state index < -0.39 is 0 Å². The molecule has 0 aliphatic heterocycles. The standard InChI is InChI=1S/C18H19N3O3/c1-11-15(12(2)24-21-11)7-8-16(22)20-10-14-6-5-13-4-3-9-19-17(13)18(14)23/h3-6,9,23H,7-8,10H2,1-2H3,(H,20,22). The molecule has 2 N–H and O–H groups in total. The highest BCUT2D eigenvalue weighted by molar-refractivity contribution is 5.85. The summed E-state index contributed by atoms with van der Waals surface area (Å²) in [5.74, 6) is 0.771. The predicted molar refractivity (Wildman–Crippen MR) is 89.6 cm³/mol. The van der Waals surface area contributed by atoms with Gasteiger partial charge in [0.15, 0.2) is 0 Å². The van der Waals surface area contributed by atoms with Gasteiger partial charge < -0.3 is 14.9 Å². The van der Waals surface area contributed by atoms with E-state index in [0.29, 0.717) is 23.9 Å². The monoisotopic (exact) mass is 325 g/mol. The second-order valence-electron chi connectivity index (χ2n) is 5.73. The van der Waals surface area contributed by atoms with Crippen LogP contribution in [0.3, 0.4) is 0 Å². The summed E-state index contributed by atoms with van der Waals surface area (Å²) < 4.78 is 5.09. The molecule has 0 aliphatic carbocycles. The number of rotatable bonds is 5. The maximum absolute atomic E-state index is 12.0. The van der Waals surface area contributed by atoms with Gasteiger partial charge in [-0.3, -0.25) is 9.78 Å². The molecule has 124 valence electrons. The van der Waals surface area contributed by atoms with Crippen molar-refractivity contribution in [2.24, 2.45) is 0 Å². The van der Waals surface area contributed by atoms with Crippen LogP contribution in [0.15, 0.2) is 35.0 Å². The second kappa shape index (κ2) is 6.70. The van der Waals surface area contributed by atoms with Crippen LogP contribution in [0.4, 0.5) is 0 Å². The van der Waals surface area contributed by atoms with Crippen LogP contribution in [0.5, 0.6) is 5.75 Å². The van der Waals surface area contributed by atoms with Gasteiger partial charge in [-0.2, -0.15) is 0 Å². The minimum atomic E-state index is -0.0875. The van der Waals surface area contributed by atoms with Crippen molar-refractivity contribution >= 4 is 16.8 Å². The number of aryl methyl sites for hydroxylation is 2. The first-order valence-electron chi connectivity index (χ1n) is 7.80. The summed E-state index contributed by atoms with van der Waals surface area (Å²) in [6, 6.07) is 7.38. The van der Waals surface area contributed by atoms with E-state index in [1.54, 1.807) is 12.3 Å². The van der Waals surface area contributed by atoms with Gasteiger partial charge in [0.1, 0.15) is 17.0 Å². The van der Waals surface area contributed by atoms with Crippen LogP contribution < -0.4 is 5.32 Å². The number of hydrogen-bond donors (Lipinski definition) is 2. The number of phenolic OH excluding ortho intramolecular Hbond substituents is 1. The van der Waals surface area contributed by atoms with Gasteiger partial charge >= 0.3 is 0 Å². The van der Waals surface area contributed by atoms with Crippen molar-refractivity contribution in [1.29, 1.82) is 0 Å². The number of hydrogen-bond acceptors (Lipinski definition) is 5. The van der Waals surface area contributed by atoms with E-state index in [-0.39, 0.29) is 18.2 Å². The Morgan fingerprint density at radius 3 is 2.88 bits per heavy atom. The number of aromatic nitrogens is 2. The van der Waals surface area contributed by atoms with Crippen LogP contribution in [-0.2, 0) is 17.8 Å². The van der Waals surface area contributed by atoms with Crippen LogP contribution in [-0.4, -0.2) is 21.2 Å². The average Bonchev–Trinajstić information content (AvgIpc) is 2.91. The normalized spacial score (nSPS) is 10.9. The molecular weight excluding hydrogens is 306 g/mol. The molecular formula is C18H19N3O3. The fourth-order valence-corrected chi connectivity index (χ4v) is 2.69. The largest absolute Gasteiger partial charge is 0.505 e. The van der Waals surface area contributed by atoms with Gasteiger partial charge in [-0.1, -0.05) is 23.4 Å². The lowest BCUT2D eigenvalue weighted by Gasteiger charge is -2.09. The van der Waals surface area contributed by atoms with Crippen molar-refractivity contribution in [2.45, 2.75) is 33.2 Å². The van der Waals surface area contributed by atoms with Gasteiger partial charge in [0.2, 0.25) is 5.91 Å². The number of fused-ring (bicyclic) bond motifs is 1. The molecule has 2 heterocycles. The molecule has 1 aromatic carbocycles. The maximum Gasteiger partial charge on any atom is 0.220 e. The number of phenols is 1. The van der Waals surface area contributed by atoms with Gasteiger partial charge in [0, 0.05) is 35.7 Å². The highest BCUT2D eigenvalue weighted by Gasteiger charge is 2.12. The number of amides is 1. The molecule has 3 rings (SSSR count). The number of pyridine rings is 1. The number of nitrogens with zero attached hydrogens (tertiary/aromatic N) is 2. The fraction of sp³-hybridized carbons (Fsp3) is 0.278. The first-order valence-corrected chi connectivity index (χ1v) is 7.80. The molecule has 3 aromatic rings. The van der Waals surface area contributed by atoms with E-state index in [1.165, 1.54) is 0 Å². The van der Waals surface area contributed by atoms with E-state index in [1.807, 2.05) is 32.0 Å². The fourth-order valence-electron chi connectivity index (χ4n) is 2.69. The maximum atomic E-state index is 12.0. The third kappa shape index (κ3) is 3.22. The minimum absolute atomic E-state index is 0.0875. The molecule has 1 amide bonds. The predicted octanol–water partition coefficient (Wildman–Crippen LogP) is 2.79. The van der Waals surface area contributed by atoms with Crippen LogP contribution in [0, 0.1) is 13.8 Å². The molecule has 0 radical (unpaired) electrons. The van der Waals surface area contributed by atoms with Crippen LogP contribution in [0.25, 0.3) is 10.9 Å². The van der Waals surface area contributed by atoms with Crippen molar-refractivity contribution < 1.29 is 14.4 Å². The van der Waals surface area contributed by atoms with Gasteiger partial charge in [0.05, 0.1) is 5.69 Å². The van der Waals surface area contributed by atoms with Crippen molar-refractivity contribution in [3.05, 3.63) is 53.0 Å². The quantitative estimate of drug-likeness (QED) is 0.753. The Bertz CT molecular complexity index is 867. The molecule has 0 saturated carbocycles. The number of carbonyl (C=O) groups is 1. The summed E-state index contributed by atoms with van der Waals surface area (Å²) in [4.78, 5) is 16.2. The van der Waals surface area contributed by atoms with E-state index >= 15 is 0 Å². The molecule has 24 heavy (non-hydrogen) atoms. The second-order valence-corrected chi connectivity index (χ2v) is 5.73. The summed E-state index contributed by atoms with van der Waals surface area (Å²) in [6.45, 7) is 3.97. The van der Waals surface area contributed by atoms with Crippen LogP contribution in [0.1, 0.15) is 29.0 Å². The van der Waals surface area contributed by atoms with Crippen molar-refractivity contribution in [3.63, 3.8) is 0 Å². The van der Waals surface area contributed by atoms with Gasteiger partial charge in [0.25, 0.3) is 0 Å². The lowest BCUT2D eigenvalue weighted by molar-refractivity contribution is -0.121. The van der Waals surface area contributed by atoms with Gasteiger partial charge in [-0.25, -0.2) is 0 Å². The third-order valence-corrected chi connectivity index (χ3v) is 4.09. The molecule has 2 aromatic heterocycles. The summed E-state index contributed by atoms with van der Waals surface area (Å²) in [7, 11) is 0. The lowest BCUT2D eigenvalue weighted by atomic mass is 10.1. The lowest BCUT2D eigenvalue weighted by Crippen LogP contribution is -2.23. The van der Waals surface area contributed by atoms with E-state index in [9.17, 15) is 9.90 Å². The zero-order chi connectivity index (χ0) is 17.1. The highest BCUT2D eigenvalue weighted by atomic mass is 16.5. The Hall–Kier alpha value is -2.89. The molecule has 0 bridgehead atoms. The number of carbonyl (C=O) groups excluding carboxylic acids is 1. The minimum Gasteiger partial charge on any atom is -0.505 e. The van der Waals surface area contributed by atoms with Crippen molar-refractivity contribution in [3.8, 4) is 5.75 Å². The van der Waals surface area contributed by atoms with Crippen molar-refractivity contribution in [1.82, 2.24) is 15.5 Å². The highest BCUT2D eigenvalue weighted by Crippen LogP contribution is 2.26. The summed E-state index contributed by atoms with van der Waals surface area (Å²) >= 11 is 0. The van der Waals surface area contributed by atoms with E-state index in [0.717, 1.165) is 22.4 Å². The van der Waals surface area contributed by atoms with Gasteiger partial charge in [-0.15, -0.1) is 0 Å². The molecule has 6 nitrogen and oxygen atoms in total. The van der Waals surface area contributed by atoms with E-state index in [2.05, 4.69) is 15.5 Å². The Morgan fingerprint density at radius 1 is 1.29 bits per heavy atom. The SMILES string of the molecule is Cc1noc(C)c1CCC(=O)NCc1ccc2cccnc2c1O. The van der Waals surface area contributed by atoms with E-state index in [4.69, 9.17) is 4.52 Å². The summed E-state index contributed by atoms with van der Waals surface area (Å²) in [5.41, 5.74) is 2.98. The summed E-state index contributed by atoms with van der Waals surface area (Å²) in [5, 5.41) is 17.9. The molecule has 0 unspecified atom stereocenters. The molecule has 6 heteroatoms. The first kappa shape index (κ1) is 16.0. The smallest absolute Gasteiger partial charge is 0.220 e. The Labute approximate surface area is 139 Å². The first-order chi connectivity index (χ1) is 11.6. The topological polar surface area (TPSA) is 88.3 Å². The van der Waals surface area contributed by atoms with Crippen LogP contribution in [0.2, 0.25) is 0 Å². The number of aromatic hydroxyl groups is 1. The zero-order valence-electron chi connectivity index (χ0n) is 13.7. The molecule has 0 fully saturated rings. The zero-order valence-corrected chi connectivity index (χ0v) is 13.7. The van der Waals surface area contributed by atoms with Gasteiger partial charge in [-0.05, 0) is 26.3 Å². The molecule has 0 aliphatic rings. The Kier molecular flexibility index (Phi) is 4.46. The molecule has 0 saturated heterocycles. The van der Waals surface area contributed by atoms with Crippen molar-refractivity contribution in [2.75, 3.05) is 0 Å². The average molecular weight is 325 g/mol.